The maximum Gasteiger partial charge on any atom is 0.270 e. The Bertz CT molecular complexity index is 1270. The fraction of sp³-hybridized carbons (Fsp3) is 0.0952. The molecule has 31 heavy (non-hydrogen) atoms. The minimum atomic E-state index is -0.526. The summed E-state index contributed by atoms with van der Waals surface area (Å²) in [5, 5.41) is 11.6. The normalized spacial score (nSPS) is 12.1. The molecule has 0 spiro atoms. The molecule has 9 nitrogen and oxygen atoms in total. The molecule has 1 aliphatic heterocycles. The Morgan fingerprint density at radius 1 is 1.16 bits per heavy atom. The average molecular weight is 434 g/mol. The number of amides is 1. The van der Waals surface area contributed by atoms with Crippen LogP contribution in [-0.4, -0.2) is 27.6 Å². The van der Waals surface area contributed by atoms with E-state index in [1.165, 1.54) is 34.4 Å². The number of anilines is 1. The second-order valence-electron chi connectivity index (χ2n) is 6.73. The highest BCUT2D eigenvalue weighted by atomic mass is 32.1. The summed E-state index contributed by atoms with van der Waals surface area (Å²) in [7, 11) is 0. The number of carbonyl (C=O) groups excluding carboxylic acids is 1. The minimum absolute atomic E-state index is 0.151. The molecule has 5 rings (SSSR count). The van der Waals surface area contributed by atoms with Gasteiger partial charge in [-0.05, 0) is 17.7 Å². The Morgan fingerprint density at radius 3 is 2.77 bits per heavy atom. The van der Waals surface area contributed by atoms with Crippen molar-refractivity contribution in [3.63, 3.8) is 0 Å². The van der Waals surface area contributed by atoms with E-state index in [1.54, 1.807) is 30.6 Å². The number of aromatic nitrogens is 2. The van der Waals surface area contributed by atoms with Crippen LogP contribution in [0.4, 0.5) is 10.8 Å². The number of pyridine rings is 1. The predicted octanol–water partition coefficient (Wildman–Crippen LogP) is 4.18. The zero-order valence-electron chi connectivity index (χ0n) is 15.9. The zero-order chi connectivity index (χ0) is 21.4. The summed E-state index contributed by atoms with van der Waals surface area (Å²) >= 11 is 1.33. The number of carbonyl (C=O) groups is 1. The molecule has 0 atom stereocenters. The summed E-state index contributed by atoms with van der Waals surface area (Å²) < 4.78 is 11.7. The summed E-state index contributed by atoms with van der Waals surface area (Å²) in [5.41, 5.74) is 1.52. The largest absolute Gasteiger partial charge is 0.454 e. The number of nitro groups is 1. The molecule has 2 aromatic carbocycles. The Hall–Kier alpha value is -4.05. The second-order valence-corrected chi connectivity index (χ2v) is 7.74. The van der Waals surface area contributed by atoms with Crippen LogP contribution in [0.1, 0.15) is 15.9 Å². The lowest BCUT2D eigenvalue weighted by atomic mass is 10.1. The third-order valence-corrected chi connectivity index (χ3v) is 5.76. The van der Waals surface area contributed by atoms with Crippen LogP contribution in [0.2, 0.25) is 0 Å². The summed E-state index contributed by atoms with van der Waals surface area (Å²) in [6.45, 7) is 0.375. The highest BCUT2D eigenvalue weighted by Crippen LogP contribution is 2.40. The van der Waals surface area contributed by atoms with Gasteiger partial charge < -0.3 is 9.47 Å². The highest BCUT2D eigenvalue weighted by molar-refractivity contribution is 7.22. The Kier molecular flexibility index (Phi) is 4.68. The molecular weight excluding hydrogens is 420 g/mol. The number of hydrogen-bond acceptors (Lipinski definition) is 8. The molecule has 154 valence electrons. The number of fused-ring (bicyclic) bond motifs is 2. The molecule has 3 heterocycles. The molecule has 1 amide bonds. The molecule has 0 unspecified atom stereocenters. The quantitative estimate of drug-likeness (QED) is 0.343. The summed E-state index contributed by atoms with van der Waals surface area (Å²) in [4.78, 5) is 34.3. The van der Waals surface area contributed by atoms with Gasteiger partial charge in [0.05, 0.1) is 21.7 Å². The van der Waals surface area contributed by atoms with Gasteiger partial charge in [-0.2, -0.15) is 0 Å². The van der Waals surface area contributed by atoms with Crippen molar-refractivity contribution in [2.45, 2.75) is 6.54 Å². The number of benzene rings is 2. The third-order valence-electron chi connectivity index (χ3n) is 4.71. The first-order valence-corrected chi connectivity index (χ1v) is 10.1. The molecule has 2 aromatic heterocycles. The first-order valence-electron chi connectivity index (χ1n) is 9.24. The van der Waals surface area contributed by atoms with E-state index in [1.807, 2.05) is 12.1 Å². The van der Waals surface area contributed by atoms with E-state index < -0.39 is 10.8 Å². The van der Waals surface area contributed by atoms with Gasteiger partial charge in [-0.1, -0.05) is 23.5 Å². The van der Waals surface area contributed by atoms with E-state index in [9.17, 15) is 14.9 Å². The fourth-order valence-electron chi connectivity index (χ4n) is 3.23. The number of thiazole rings is 1. The Morgan fingerprint density at radius 2 is 2.00 bits per heavy atom. The number of non-ortho nitro benzene ring substituents is 1. The van der Waals surface area contributed by atoms with Crippen molar-refractivity contribution in [3.05, 3.63) is 82.2 Å². The standard InChI is InChI=1S/C21H14N4O5S/c26-20(14-4-1-5-15(7-14)25(27)28)24(11-13-3-2-6-22-10-13)21-23-16-8-17-18(30-12-29-17)9-19(16)31-21/h1-10H,11-12H2. The van der Waals surface area contributed by atoms with E-state index in [2.05, 4.69) is 9.97 Å². The van der Waals surface area contributed by atoms with Crippen molar-refractivity contribution in [1.29, 1.82) is 0 Å². The maximum absolute atomic E-state index is 13.4. The van der Waals surface area contributed by atoms with Crippen LogP contribution in [-0.2, 0) is 6.54 Å². The van der Waals surface area contributed by atoms with Crippen LogP contribution in [0.25, 0.3) is 10.2 Å². The van der Waals surface area contributed by atoms with Crippen LogP contribution in [0.5, 0.6) is 11.5 Å². The van der Waals surface area contributed by atoms with Crippen molar-refractivity contribution >= 4 is 38.3 Å². The topological polar surface area (TPSA) is 108 Å². The van der Waals surface area contributed by atoms with E-state index in [0.29, 0.717) is 22.1 Å². The van der Waals surface area contributed by atoms with Gasteiger partial charge in [0.15, 0.2) is 16.6 Å². The van der Waals surface area contributed by atoms with Gasteiger partial charge in [0.25, 0.3) is 11.6 Å². The summed E-state index contributed by atoms with van der Waals surface area (Å²) in [6.07, 6.45) is 3.31. The number of nitro benzene ring substituents is 1. The van der Waals surface area contributed by atoms with E-state index in [4.69, 9.17) is 9.47 Å². The SMILES string of the molecule is O=C(c1cccc([N+](=O)[O-])c1)N(Cc1cccnc1)c1nc2cc3c(cc2s1)OCO3. The van der Waals surface area contributed by atoms with Gasteiger partial charge in [-0.3, -0.25) is 24.8 Å². The fourth-order valence-corrected chi connectivity index (χ4v) is 4.20. The van der Waals surface area contributed by atoms with Gasteiger partial charge in [0, 0.05) is 42.2 Å². The first-order chi connectivity index (χ1) is 15.1. The lowest BCUT2D eigenvalue weighted by Gasteiger charge is -2.20. The number of rotatable bonds is 5. The van der Waals surface area contributed by atoms with Crippen LogP contribution in [0.15, 0.2) is 60.9 Å². The predicted molar refractivity (Wildman–Crippen MR) is 114 cm³/mol. The molecule has 0 fully saturated rings. The van der Waals surface area contributed by atoms with Crippen LogP contribution >= 0.6 is 11.3 Å². The molecule has 10 heteroatoms. The molecule has 0 N–H and O–H groups in total. The molecule has 1 aliphatic rings. The van der Waals surface area contributed by atoms with Crippen molar-refractivity contribution in [2.24, 2.45) is 0 Å². The monoisotopic (exact) mass is 434 g/mol. The number of ether oxygens (including phenoxy) is 2. The molecule has 0 aliphatic carbocycles. The minimum Gasteiger partial charge on any atom is -0.454 e. The number of hydrogen-bond donors (Lipinski definition) is 0. The van der Waals surface area contributed by atoms with Gasteiger partial charge in [-0.15, -0.1) is 0 Å². The molecular formula is C21H14N4O5S. The Balaban J connectivity index is 1.57. The second kappa shape index (κ2) is 7.65. The van der Waals surface area contributed by atoms with Crippen LogP contribution in [0, 0.1) is 10.1 Å². The van der Waals surface area contributed by atoms with Crippen LogP contribution in [0.3, 0.4) is 0 Å². The summed E-state index contributed by atoms with van der Waals surface area (Å²) in [6, 6.07) is 12.9. The lowest BCUT2D eigenvalue weighted by molar-refractivity contribution is -0.384. The van der Waals surface area contributed by atoms with Crippen molar-refractivity contribution in [3.8, 4) is 11.5 Å². The molecule has 0 radical (unpaired) electrons. The van der Waals surface area contributed by atoms with E-state index in [-0.39, 0.29) is 24.6 Å². The first kappa shape index (κ1) is 18.9. The maximum atomic E-state index is 13.4. The zero-order valence-corrected chi connectivity index (χ0v) is 16.7. The summed E-state index contributed by atoms with van der Waals surface area (Å²) in [5.74, 6) is 0.839. The van der Waals surface area contributed by atoms with Gasteiger partial charge in [0.1, 0.15) is 0 Å². The van der Waals surface area contributed by atoms with E-state index in [0.717, 1.165) is 10.3 Å². The van der Waals surface area contributed by atoms with Crippen LogP contribution < -0.4 is 14.4 Å². The van der Waals surface area contributed by atoms with Crippen molar-refractivity contribution in [2.75, 3.05) is 11.7 Å². The third kappa shape index (κ3) is 3.64. The van der Waals surface area contributed by atoms with Gasteiger partial charge in [0.2, 0.25) is 6.79 Å². The molecule has 0 saturated carbocycles. The Labute approximate surface area is 179 Å². The van der Waals surface area contributed by atoms with Crippen molar-refractivity contribution in [1.82, 2.24) is 9.97 Å². The van der Waals surface area contributed by atoms with E-state index >= 15 is 0 Å². The molecule has 0 bridgehead atoms. The number of nitrogens with zero attached hydrogens (tertiary/aromatic N) is 4. The van der Waals surface area contributed by atoms with Gasteiger partial charge in [-0.25, -0.2) is 4.98 Å². The lowest BCUT2D eigenvalue weighted by Crippen LogP contribution is -2.30. The van der Waals surface area contributed by atoms with Gasteiger partial charge >= 0.3 is 0 Å². The van der Waals surface area contributed by atoms with Crippen molar-refractivity contribution < 1.29 is 19.2 Å². The highest BCUT2D eigenvalue weighted by Gasteiger charge is 2.25. The molecule has 0 saturated heterocycles. The smallest absolute Gasteiger partial charge is 0.270 e. The molecule has 4 aromatic rings. The average Bonchev–Trinajstić information content (AvgIpc) is 3.41.